The predicted octanol–water partition coefficient (Wildman–Crippen LogP) is 4.15. The van der Waals surface area contributed by atoms with Gasteiger partial charge in [0.2, 0.25) is 0 Å². The van der Waals surface area contributed by atoms with Crippen LogP contribution in [0.1, 0.15) is 28.5 Å². The van der Waals surface area contributed by atoms with E-state index in [1.165, 1.54) is 20.6 Å². The first-order valence-corrected chi connectivity index (χ1v) is 8.17. The van der Waals surface area contributed by atoms with Crippen molar-refractivity contribution in [1.82, 2.24) is 10.3 Å². The summed E-state index contributed by atoms with van der Waals surface area (Å²) in [6, 6.07) is 8.51. The molecule has 0 saturated carbocycles. The molecule has 0 saturated heterocycles. The SMILES string of the molecule is CNCC(CCc1scnc1C)c1ccccc1Br. The van der Waals surface area contributed by atoms with Crippen LogP contribution >= 0.6 is 27.3 Å². The molecule has 0 aliphatic carbocycles. The number of likely N-dealkylation sites (N-methyl/N-ethyl adjacent to an activating group) is 1. The smallest absolute Gasteiger partial charge is 0.0797 e. The molecule has 1 unspecified atom stereocenters. The van der Waals surface area contributed by atoms with E-state index in [0.717, 1.165) is 19.4 Å². The van der Waals surface area contributed by atoms with Crippen LogP contribution in [0.15, 0.2) is 34.2 Å². The van der Waals surface area contributed by atoms with Crippen LogP contribution in [0.4, 0.5) is 0 Å². The molecule has 4 heteroatoms. The van der Waals surface area contributed by atoms with Gasteiger partial charge in [0, 0.05) is 15.9 Å². The minimum atomic E-state index is 0.530. The fraction of sp³-hybridized carbons (Fsp3) is 0.400. The zero-order valence-electron chi connectivity index (χ0n) is 11.3. The van der Waals surface area contributed by atoms with Gasteiger partial charge in [-0.3, -0.25) is 0 Å². The van der Waals surface area contributed by atoms with E-state index in [1.807, 2.05) is 12.6 Å². The van der Waals surface area contributed by atoms with Crippen molar-refractivity contribution in [2.75, 3.05) is 13.6 Å². The molecule has 1 aromatic carbocycles. The van der Waals surface area contributed by atoms with Gasteiger partial charge in [-0.15, -0.1) is 11.3 Å². The maximum Gasteiger partial charge on any atom is 0.0797 e. The number of hydrogen-bond acceptors (Lipinski definition) is 3. The summed E-state index contributed by atoms with van der Waals surface area (Å²) in [5.41, 5.74) is 4.51. The highest BCUT2D eigenvalue weighted by atomic mass is 79.9. The van der Waals surface area contributed by atoms with Gasteiger partial charge in [-0.2, -0.15) is 0 Å². The van der Waals surface area contributed by atoms with E-state index in [-0.39, 0.29) is 0 Å². The molecule has 0 bridgehead atoms. The minimum absolute atomic E-state index is 0.530. The Morgan fingerprint density at radius 2 is 2.16 bits per heavy atom. The maximum absolute atomic E-state index is 4.32. The van der Waals surface area contributed by atoms with Gasteiger partial charge in [0.05, 0.1) is 11.2 Å². The highest BCUT2D eigenvalue weighted by Gasteiger charge is 2.14. The first kappa shape index (κ1) is 14.7. The van der Waals surface area contributed by atoms with Gasteiger partial charge in [0.25, 0.3) is 0 Å². The van der Waals surface area contributed by atoms with Crippen molar-refractivity contribution >= 4 is 27.3 Å². The van der Waals surface area contributed by atoms with Crippen LogP contribution in [0.2, 0.25) is 0 Å². The number of nitrogens with zero attached hydrogens (tertiary/aromatic N) is 1. The van der Waals surface area contributed by atoms with Gasteiger partial charge in [-0.1, -0.05) is 34.1 Å². The molecule has 0 spiro atoms. The molecule has 1 heterocycles. The second kappa shape index (κ2) is 7.17. The Morgan fingerprint density at radius 1 is 1.37 bits per heavy atom. The summed E-state index contributed by atoms with van der Waals surface area (Å²) >= 11 is 5.43. The van der Waals surface area contributed by atoms with Crippen molar-refractivity contribution in [3.63, 3.8) is 0 Å². The van der Waals surface area contributed by atoms with Crippen molar-refractivity contribution in [1.29, 1.82) is 0 Å². The zero-order valence-corrected chi connectivity index (χ0v) is 13.7. The second-order valence-corrected chi connectivity index (χ2v) is 6.47. The monoisotopic (exact) mass is 338 g/mol. The molecular weight excluding hydrogens is 320 g/mol. The van der Waals surface area contributed by atoms with E-state index in [2.05, 4.69) is 57.4 Å². The Hall–Kier alpha value is -0.710. The third-order valence-electron chi connectivity index (χ3n) is 3.36. The Labute approximate surface area is 127 Å². The van der Waals surface area contributed by atoms with Crippen molar-refractivity contribution in [2.24, 2.45) is 0 Å². The minimum Gasteiger partial charge on any atom is -0.319 e. The van der Waals surface area contributed by atoms with Crippen LogP contribution in [0, 0.1) is 6.92 Å². The van der Waals surface area contributed by atoms with Gasteiger partial charge in [-0.05, 0) is 44.4 Å². The number of hydrogen-bond donors (Lipinski definition) is 1. The fourth-order valence-corrected chi connectivity index (χ4v) is 3.70. The lowest BCUT2D eigenvalue weighted by Crippen LogP contribution is -2.18. The van der Waals surface area contributed by atoms with Gasteiger partial charge >= 0.3 is 0 Å². The summed E-state index contributed by atoms with van der Waals surface area (Å²) in [6.07, 6.45) is 2.25. The third kappa shape index (κ3) is 3.88. The van der Waals surface area contributed by atoms with Crippen LogP contribution in [0.25, 0.3) is 0 Å². The number of nitrogens with one attached hydrogen (secondary N) is 1. The zero-order chi connectivity index (χ0) is 13.7. The van der Waals surface area contributed by atoms with Crippen LogP contribution in [-0.4, -0.2) is 18.6 Å². The topological polar surface area (TPSA) is 24.9 Å². The average molecular weight is 339 g/mol. The summed E-state index contributed by atoms with van der Waals surface area (Å²) < 4.78 is 1.20. The van der Waals surface area contributed by atoms with Gasteiger partial charge < -0.3 is 5.32 Å². The molecule has 0 aliphatic heterocycles. The number of aromatic nitrogens is 1. The molecule has 102 valence electrons. The Balaban J connectivity index is 2.09. The molecule has 0 amide bonds. The van der Waals surface area contributed by atoms with Crippen molar-refractivity contribution in [3.05, 3.63) is 50.4 Å². The molecule has 0 fully saturated rings. The molecule has 0 radical (unpaired) electrons. The van der Waals surface area contributed by atoms with E-state index >= 15 is 0 Å². The van der Waals surface area contributed by atoms with E-state index in [4.69, 9.17) is 0 Å². The quantitative estimate of drug-likeness (QED) is 0.855. The third-order valence-corrected chi connectivity index (χ3v) is 5.08. The first-order chi connectivity index (χ1) is 9.22. The number of aryl methyl sites for hydroxylation is 2. The molecule has 19 heavy (non-hydrogen) atoms. The lowest BCUT2D eigenvalue weighted by molar-refractivity contribution is 0.583. The summed E-state index contributed by atoms with van der Waals surface area (Å²) in [6.45, 7) is 3.10. The standard InChI is InChI=1S/C15H19BrN2S/c1-11-15(19-10-18-11)8-7-12(9-17-2)13-5-3-4-6-14(13)16/h3-6,10,12,17H,7-9H2,1-2H3. The van der Waals surface area contributed by atoms with Crippen molar-refractivity contribution in [2.45, 2.75) is 25.7 Å². The molecule has 0 aliphatic rings. The van der Waals surface area contributed by atoms with Gasteiger partial charge in [-0.25, -0.2) is 4.98 Å². The van der Waals surface area contributed by atoms with Gasteiger partial charge in [0.15, 0.2) is 0 Å². The largest absolute Gasteiger partial charge is 0.319 e. The van der Waals surface area contributed by atoms with Gasteiger partial charge in [0.1, 0.15) is 0 Å². The van der Waals surface area contributed by atoms with Crippen LogP contribution < -0.4 is 5.32 Å². The molecule has 1 atom stereocenters. The molecular formula is C15H19BrN2S. The van der Waals surface area contributed by atoms with E-state index < -0.39 is 0 Å². The average Bonchev–Trinajstić information content (AvgIpc) is 2.81. The predicted molar refractivity (Wildman–Crippen MR) is 86.0 cm³/mol. The summed E-state index contributed by atoms with van der Waals surface area (Å²) in [7, 11) is 2.02. The van der Waals surface area contributed by atoms with E-state index in [9.17, 15) is 0 Å². The fourth-order valence-electron chi connectivity index (χ4n) is 2.29. The van der Waals surface area contributed by atoms with Crippen LogP contribution in [0.5, 0.6) is 0 Å². The lowest BCUT2D eigenvalue weighted by atomic mass is 9.93. The number of rotatable bonds is 6. The molecule has 1 aromatic heterocycles. The van der Waals surface area contributed by atoms with Crippen LogP contribution in [0.3, 0.4) is 0 Å². The maximum atomic E-state index is 4.32. The van der Waals surface area contributed by atoms with Crippen LogP contribution in [-0.2, 0) is 6.42 Å². The highest BCUT2D eigenvalue weighted by Crippen LogP contribution is 2.29. The Kier molecular flexibility index (Phi) is 5.55. The first-order valence-electron chi connectivity index (χ1n) is 6.50. The molecule has 2 aromatic rings. The second-order valence-electron chi connectivity index (χ2n) is 4.68. The van der Waals surface area contributed by atoms with Crippen molar-refractivity contribution in [3.8, 4) is 0 Å². The van der Waals surface area contributed by atoms with E-state index in [0.29, 0.717) is 5.92 Å². The molecule has 1 N–H and O–H groups in total. The summed E-state index contributed by atoms with van der Waals surface area (Å²) in [5, 5.41) is 3.31. The number of benzene rings is 1. The molecule has 2 nitrogen and oxygen atoms in total. The number of thiazole rings is 1. The highest BCUT2D eigenvalue weighted by molar-refractivity contribution is 9.10. The summed E-state index contributed by atoms with van der Waals surface area (Å²) in [5.74, 6) is 0.530. The Bertz CT molecular complexity index is 524. The van der Waals surface area contributed by atoms with Crippen molar-refractivity contribution < 1.29 is 0 Å². The molecule has 2 rings (SSSR count). The summed E-state index contributed by atoms with van der Waals surface area (Å²) in [4.78, 5) is 5.73. The normalized spacial score (nSPS) is 12.6. The Morgan fingerprint density at radius 3 is 2.79 bits per heavy atom. The van der Waals surface area contributed by atoms with E-state index in [1.54, 1.807) is 11.3 Å². The number of halogens is 1. The lowest BCUT2D eigenvalue weighted by Gasteiger charge is -2.18.